The highest BCUT2D eigenvalue weighted by atomic mass is 32.2. The molecule has 1 N–H and O–H groups in total. The van der Waals surface area contributed by atoms with Crippen LogP contribution in [-0.4, -0.2) is 30.9 Å². The zero-order valence-electron chi connectivity index (χ0n) is 16.3. The van der Waals surface area contributed by atoms with Gasteiger partial charge in [-0.1, -0.05) is 30.0 Å². The molecule has 0 spiro atoms. The number of aromatic nitrogens is 4. The summed E-state index contributed by atoms with van der Waals surface area (Å²) < 4.78 is 7.87. The zero-order valence-corrected chi connectivity index (χ0v) is 17.9. The molecule has 0 aliphatic heterocycles. The van der Waals surface area contributed by atoms with Crippen LogP contribution in [0.2, 0.25) is 0 Å². The van der Waals surface area contributed by atoms with E-state index in [0.717, 1.165) is 22.8 Å². The van der Waals surface area contributed by atoms with E-state index in [1.807, 2.05) is 61.9 Å². The third kappa shape index (κ3) is 4.90. The molecule has 7 nitrogen and oxygen atoms in total. The SMILES string of the molecule is CCn1c(COc2ccccc2C)nnc1S[C@H](C)C(=O)Nc1nc(C)cs1. The normalized spacial score (nSPS) is 12.0. The molecule has 148 valence electrons. The molecule has 1 aromatic carbocycles. The van der Waals surface area contributed by atoms with Gasteiger partial charge in [-0.15, -0.1) is 21.5 Å². The van der Waals surface area contributed by atoms with Crippen LogP contribution in [0.3, 0.4) is 0 Å². The van der Waals surface area contributed by atoms with Crippen molar-refractivity contribution < 1.29 is 9.53 Å². The van der Waals surface area contributed by atoms with Crippen molar-refractivity contribution in [3.63, 3.8) is 0 Å². The Labute approximate surface area is 172 Å². The van der Waals surface area contributed by atoms with E-state index < -0.39 is 0 Å². The lowest BCUT2D eigenvalue weighted by Gasteiger charge is -2.12. The predicted octanol–water partition coefficient (Wildman–Crippen LogP) is 4.07. The second kappa shape index (κ2) is 9.20. The monoisotopic (exact) mass is 417 g/mol. The van der Waals surface area contributed by atoms with Crippen LogP contribution < -0.4 is 10.1 Å². The molecule has 1 amide bonds. The largest absolute Gasteiger partial charge is 0.485 e. The first kappa shape index (κ1) is 20.3. The minimum Gasteiger partial charge on any atom is -0.485 e. The van der Waals surface area contributed by atoms with Crippen LogP contribution in [0.25, 0.3) is 0 Å². The average molecular weight is 418 g/mol. The Balaban J connectivity index is 1.64. The van der Waals surface area contributed by atoms with E-state index >= 15 is 0 Å². The van der Waals surface area contributed by atoms with E-state index in [1.165, 1.54) is 23.1 Å². The molecule has 3 rings (SSSR count). The van der Waals surface area contributed by atoms with Gasteiger partial charge in [0.1, 0.15) is 12.4 Å². The Morgan fingerprint density at radius 3 is 2.79 bits per heavy atom. The standard InChI is InChI=1S/C19H23N5O2S2/c1-5-24-16(10-26-15-9-7-6-8-12(15)2)22-23-19(24)28-14(4)17(25)21-18-20-13(3)11-27-18/h6-9,11,14H,5,10H2,1-4H3,(H,20,21,25)/t14-/m1/s1. The van der Waals surface area contributed by atoms with Crippen LogP contribution in [0.15, 0.2) is 34.8 Å². The maximum atomic E-state index is 12.4. The first-order valence-electron chi connectivity index (χ1n) is 8.98. The van der Waals surface area contributed by atoms with Gasteiger partial charge in [0.2, 0.25) is 5.91 Å². The number of benzene rings is 1. The number of amides is 1. The number of thioether (sulfide) groups is 1. The molecule has 3 aromatic rings. The molecular weight excluding hydrogens is 394 g/mol. The fraction of sp³-hybridized carbons (Fsp3) is 0.368. The minimum atomic E-state index is -0.330. The topological polar surface area (TPSA) is 81.9 Å². The van der Waals surface area contributed by atoms with Crippen molar-refractivity contribution in [3.8, 4) is 5.75 Å². The number of nitrogens with zero attached hydrogens (tertiary/aromatic N) is 4. The number of aryl methyl sites for hydroxylation is 2. The molecule has 0 radical (unpaired) electrons. The molecule has 2 heterocycles. The van der Waals surface area contributed by atoms with E-state index in [-0.39, 0.29) is 11.2 Å². The fourth-order valence-electron chi connectivity index (χ4n) is 2.52. The van der Waals surface area contributed by atoms with Crippen LogP contribution in [0.4, 0.5) is 5.13 Å². The van der Waals surface area contributed by atoms with Gasteiger partial charge in [0.05, 0.1) is 10.9 Å². The molecule has 0 aliphatic carbocycles. The number of thiazole rings is 1. The summed E-state index contributed by atoms with van der Waals surface area (Å²) in [6.45, 7) is 8.79. The molecule has 2 aromatic heterocycles. The molecule has 1 atom stereocenters. The number of para-hydroxylation sites is 1. The van der Waals surface area contributed by atoms with Crippen LogP contribution >= 0.6 is 23.1 Å². The van der Waals surface area contributed by atoms with Gasteiger partial charge in [-0.25, -0.2) is 4.98 Å². The third-order valence-corrected chi connectivity index (χ3v) is 6.02. The van der Waals surface area contributed by atoms with Crippen molar-refractivity contribution in [2.24, 2.45) is 0 Å². The van der Waals surface area contributed by atoms with Crippen molar-refractivity contribution >= 4 is 34.1 Å². The zero-order chi connectivity index (χ0) is 20.1. The summed E-state index contributed by atoms with van der Waals surface area (Å²) in [4.78, 5) is 16.7. The lowest BCUT2D eigenvalue weighted by Crippen LogP contribution is -2.23. The first-order chi connectivity index (χ1) is 13.5. The van der Waals surface area contributed by atoms with Crippen molar-refractivity contribution in [2.45, 2.75) is 51.3 Å². The van der Waals surface area contributed by atoms with Crippen LogP contribution in [-0.2, 0) is 17.9 Å². The maximum Gasteiger partial charge on any atom is 0.239 e. The van der Waals surface area contributed by atoms with E-state index in [1.54, 1.807) is 0 Å². The quantitative estimate of drug-likeness (QED) is 0.557. The Bertz CT molecular complexity index is 953. The van der Waals surface area contributed by atoms with E-state index in [4.69, 9.17) is 4.74 Å². The summed E-state index contributed by atoms with van der Waals surface area (Å²) in [6, 6.07) is 7.86. The number of carbonyl (C=O) groups excluding carboxylic acids is 1. The molecule has 0 unspecified atom stereocenters. The van der Waals surface area contributed by atoms with Crippen LogP contribution in [0.5, 0.6) is 5.75 Å². The number of nitrogens with one attached hydrogen (secondary N) is 1. The molecule has 9 heteroatoms. The number of anilines is 1. The summed E-state index contributed by atoms with van der Waals surface area (Å²) >= 11 is 2.79. The van der Waals surface area contributed by atoms with E-state index in [2.05, 4.69) is 20.5 Å². The lowest BCUT2D eigenvalue weighted by molar-refractivity contribution is -0.115. The van der Waals surface area contributed by atoms with Crippen molar-refractivity contribution in [1.82, 2.24) is 19.7 Å². The molecule has 0 saturated heterocycles. The predicted molar refractivity (Wildman–Crippen MR) is 112 cm³/mol. The number of hydrogen-bond acceptors (Lipinski definition) is 7. The van der Waals surface area contributed by atoms with E-state index in [9.17, 15) is 4.79 Å². The Kier molecular flexibility index (Phi) is 6.69. The first-order valence-corrected chi connectivity index (χ1v) is 10.7. The second-order valence-electron chi connectivity index (χ2n) is 6.24. The van der Waals surface area contributed by atoms with Crippen molar-refractivity contribution in [3.05, 3.63) is 46.7 Å². The highest BCUT2D eigenvalue weighted by Crippen LogP contribution is 2.25. The summed E-state index contributed by atoms with van der Waals surface area (Å²) in [5.74, 6) is 1.45. The number of hydrogen-bond donors (Lipinski definition) is 1. The number of rotatable bonds is 8. The Morgan fingerprint density at radius 2 is 2.11 bits per heavy atom. The Hall–Kier alpha value is -2.39. The van der Waals surface area contributed by atoms with Gasteiger partial charge in [0, 0.05) is 11.9 Å². The molecule has 28 heavy (non-hydrogen) atoms. The van der Waals surface area contributed by atoms with E-state index in [0.29, 0.717) is 23.4 Å². The third-order valence-electron chi connectivity index (χ3n) is 4.06. The van der Waals surface area contributed by atoms with Gasteiger partial charge in [-0.05, 0) is 39.3 Å². The van der Waals surface area contributed by atoms with Gasteiger partial charge in [0.15, 0.2) is 16.1 Å². The van der Waals surface area contributed by atoms with Crippen LogP contribution in [0.1, 0.15) is 30.9 Å². The fourth-order valence-corrected chi connectivity index (χ4v) is 4.14. The van der Waals surface area contributed by atoms with Crippen molar-refractivity contribution in [1.29, 1.82) is 0 Å². The number of carbonyl (C=O) groups is 1. The summed E-state index contributed by atoms with van der Waals surface area (Å²) in [6.07, 6.45) is 0. The summed E-state index contributed by atoms with van der Waals surface area (Å²) in [5, 5.41) is 14.2. The van der Waals surface area contributed by atoms with Crippen LogP contribution in [0, 0.1) is 13.8 Å². The maximum absolute atomic E-state index is 12.4. The molecule has 0 bridgehead atoms. The van der Waals surface area contributed by atoms with Gasteiger partial charge < -0.3 is 14.6 Å². The van der Waals surface area contributed by atoms with Gasteiger partial charge in [0.25, 0.3) is 0 Å². The smallest absolute Gasteiger partial charge is 0.239 e. The molecule has 0 saturated carbocycles. The molecule has 0 aliphatic rings. The summed E-state index contributed by atoms with van der Waals surface area (Å²) in [7, 11) is 0. The minimum absolute atomic E-state index is 0.109. The van der Waals surface area contributed by atoms with Gasteiger partial charge in [-0.3, -0.25) is 4.79 Å². The molecule has 0 fully saturated rings. The number of ether oxygens (including phenoxy) is 1. The second-order valence-corrected chi connectivity index (χ2v) is 8.41. The van der Waals surface area contributed by atoms with Crippen molar-refractivity contribution in [2.75, 3.05) is 5.32 Å². The molecular formula is C19H23N5O2S2. The highest BCUT2D eigenvalue weighted by molar-refractivity contribution is 8.00. The Morgan fingerprint density at radius 1 is 1.32 bits per heavy atom. The van der Waals surface area contributed by atoms with Gasteiger partial charge in [-0.2, -0.15) is 0 Å². The lowest BCUT2D eigenvalue weighted by atomic mass is 10.2. The highest BCUT2D eigenvalue weighted by Gasteiger charge is 2.20. The summed E-state index contributed by atoms with van der Waals surface area (Å²) in [5.41, 5.74) is 1.96. The van der Waals surface area contributed by atoms with Gasteiger partial charge >= 0.3 is 0 Å². The average Bonchev–Trinajstić information content (AvgIpc) is 3.26.